The quantitative estimate of drug-likeness (QED) is 0.632. The zero-order valence-corrected chi connectivity index (χ0v) is 12.6. The number of hydrogen-bond acceptors (Lipinski definition) is 3. The third kappa shape index (κ3) is 3.66. The van der Waals surface area contributed by atoms with Gasteiger partial charge < -0.3 is 9.64 Å². The number of nitrogens with zero attached hydrogens (tertiary/aromatic N) is 1. The molecule has 0 N–H and O–H groups in total. The van der Waals surface area contributed by atoms with Crippen LogP contribution in [0.5, 0.6) is 0 Å². The van der Waals surface area contributed by atoms with Crippen molar-refractivity contribution in [1.82, 2.24) is 0 Å². The molecule has 106 valence electrons. The van der Waals surface area contributed by atoms with Gasteiger partial charge in [0.15, 0.2) is 0 Å². The zero-order chi connectivity index (χ0) is 15.4. The molecule has 0 aliphatic heterocycles. The van der Waals surface area contributed by atoms with E-state index in [9.17, 15) is 4.79 Å². The first-order valence-electron chi connectivity index (χ1n) is 6.74. The van der Waals surface area contributed by atoms with Crippen LogP contribution in [0, 0.1) is 0 Å². The molecule has 0 unspecified atom stereocenters. The van der Waals surface area contributed by atoms with E-state index in [1.807, 2.05) is 61.5 Å². The van der Waals surface area contributed by atoms with Crippen LogP contribution < -0.4 is 10.4 Å². The Hall–Kier alpha value is -2.23. The summed E-state index contributed by atoms with van der Waals surface area (Å²) in [4.78, 5) is 14.0. The second-order valence-corrected chi connectivity index (χ2v) is 5.15. The molecule has 0 aliphatic rings. The molecule has 2 rings (SSSR count). The van der Waals surface area contributed by atoms with Crippen LogP contribution in [-0.2, 0) is 11.2 Å². The largest absolute Gasteiger partial charge is 0.465 e. The summed E-state index contributed by atoms with van der Waals surface area (Å²) < 4.78 is 4.89. The van der Waals surface area contributed by atoms with Crippen LogP contribution in [0.3, 0.4) is 0 Å². The van der Waals surface area contributed by atoms with Crippen molar-refractivity contribution in [1.29, 1.82) is 0 Å². The first-order valence-corrected chi connectivity index (χ1v) is 6.74. The van der Waals surface area contributed by atoms with Gasteiger partial charge in [-0.15, -0.1) is 0 Å². The number of anilines is 1. The van der Waals surface area contributed by atoms with Gasteiger partial charge in [-0.1, -0.05) is 35.8 Å². The maximum absolute atomic E-state index is 12.0. The van der Waals surface area contributed by atoms with Crippen molar-refractivity contribution in [3.63, 3.8) is 0 Å². The number of methoxy groups -OCH3 is 1. The zero-order valence-electron chi connectivity index (χ0n) is 12.6. The van der Waals surface area contributed by atoms with Gasteiger partial charge in [-0.3, -0.25) is 0 Å². The average Bonchev–Trinajstić information content (AvgIpc) is 2.49. The normalized spacial score (nSPS) is 10.2. The van der Waals surface area contributed by atoms with Gasteiger partial charge in [0.05, 0.1) is 12.7 Å². The van der Waals surface area contributed by atoms with E-state index in [4.69, 9.17) is 12.6 Å². The van der Waals surface area contributed by atoms with Gasteiger partial charge in [0.1, 0.15) is 7.85 Å². The minimum atomic E-state index is -0.316. The molecule has 2 aromatic rings. The summed E-state index contributed by atoms with van der Waals surface area (Å²) in [6, 6.07) is 13.5. The minimum absolute atomic E-state index is 0.316. The lowest BCUT2D eigenvalue weighted by molar-refractivity contribution is 0.0599. The van der Waals surface area contributed by atoms with Crippen LogP contribution in [0.25, 0.3) is 0 Å². The smallest absolute Gasteiger partial charge is 0.338 e. The molecule has 0 spiro atoms. The van der Waals surface area contributed by atoms with Gasteiger partial charge in [-0.05, 0) is 29.7 Å². The SMILES string of the molecule is [B]c1ccc(Cc2ccc(N(C)C)cc2C(=O)OC)cc1. The molecule has 2 aromatic carbocycles. The average molecular weight is 279 g/mol. The Balaban J connectivity index is 2.37. The third-order valence-electron chi connectivity index (χ3n) is 3.39. The summed E-state index contributed by atoms with van der Waals surface area (Å²) in [5, 5.41) is 0. The molecule has 0 bridgehead atoms. The van der Waals surface area contributed by atoms with Gasteiger partial charge in [0.25, 0.3) is 0 Å². The van der Waals surface area contributed by atoms with Crippen LogP contribution in [0.2, 0.25) is 0 Å². The van der Waals surface area contributed by atoms with Crippen LogP contribution in [-0.4, -0.2) is 35.0 Å². The maximum Gasteiger partial charge on any atom is 0.338 e. The molecular weight excluding hydrogens is 261 g/mol. The number of benzene rings is 2. The summed E-state index contributed by atoms with van der Waals surface area (Å²) in [6.45, 7) is 0. The van der Waals surface area contributed by atoms with E-state index >= 15 is 0 Å². The van der Waals surface area contributed by atoms with E-state index < -0.39 is 0 Å². The molecule has 4 heteroatoms. The highest BCUT2D eigenvalue weighted by Gasteiger charge is 2.13. The summed E-state index contributed by atoms with van der Waals surface area (Å²) in [6.07, 6.45) is 0.665. The summed E-state index contributed by atoms with van der Waals surface area (Å²) in [7, 11) is 11.0. The Kier molecular flexibility index (Phi) is 4.68. The van der Waals surface area contributed by atoms with Gasteiger partial charge in [-0.25, -0.2) is 4.79 Å². The standard InChI is InChI=1S/C17H18BNO2/c1-19(2)15-9-6-13(16(11-15)17(20)21-3)10-12-4-7-14(18)8-5-12/h4-9,11H,10H2,1-3H3. The van der Waals surface area contributed by atoms with E-state index in [1.165, 1.54) is 7.11 Å². The monoisotopic (exact) mass is 279 g/mol. The van der Waals surface area contributed by atoms with Crippen molar-refractivity contribution < 1.29 is 9.53 Å². The predicted octanol–water partition coefficient (Wildman–Crippen LogP) is 1.92. The second-order valence-electron chi connectivity index (χ2n) is 5.15. The first kappa shape index (κ1) is 15.2. The molecule has 0 amide bonds. The molecule has 0 aliphatic carbocycles. The molecule has 0 atom stereocenters. The van der Waals surface area contributed by atoms with Crippen molar-refractivity contribution in [2.24, 2.45) is 0 Å². The van der Waals surface area contributed by atoms with Gasteiger partial charge >= 0.3 is 5.97 Å². The Bertz CT molecular complexity index is 636. The Morgan fingerprint density at radius 2 is 1.81 bits per heavy atom. The fourth-order valence-electron chi connectivity index (χ4n) is 2.15. The lowest BCUT2D eigenvalue weighted by atomic mass is 9.93. The number of rotatable bonds is 4. The van der Waals surface area contributed by atoms with E-state index in [0.717, 1.165) is 22.3 Å². The maximum atomic E-state index is 12.0. The molecule has 0 aromatic heterocycles. The van der Waals surface area contributed by atoms with Crippen LogP contribution in [0.15, 0.2) is 42.5 Å². The molecule has 0 saturated carbocycles. The highest BCUT2D eigenvalue weighted by molar-refractivity contribution is 6.32. The highest BCUT2D eigenvalue weighted by atomic mass is 16.5. The molecule has 21 heavy (non-hydrogen) atoms. The molecule has 0 saturated heterocycles. The van der Waals surface area contributed by atoms with E-state index in [1.54, 1.807) is 0 Å². The van der Waals surface area contributed by atoms with Gasteiger partial charge in [0.2, 0.25) is 0 Å². The van der Waals surface area contributed by atoms with E-state index in [-0.39, 0.29) is 5.97 Å². The lowest BCUT2D eigenvalue weighted by Gasteiger charge is -2.16. The molecular formula is C17H18BNO2. The number of esters is 1. The van der Waals surface area contributed by atoms with Crippen molar-refractivity contribution in [3.8, 4) is 0 Å². The number of carbonyl (C=O) groups excluding carboxylic acids is 1. The van der Waals surface area contributed by atoms with Gasteiger partial charge in [-0.2, -0.15) is 0 Å². The lowest BCUT2D eigenvalue weighted by Crippen LogP contribution is -2.12. The van der Waals surface area contributed by atoms with E-state index in [2.05, 4.69) is 0 Å². The summed E-state index contributed by atoms with van der Waals surface area (Å²) in [5.74, 6) is -0.316. The number of ether oxygens (including phenoxy) is 1. The Morgan fingerprint density at radius 1 is 1.14 bits per heavy atom. The molecule has 3 nitrogen and oxygen atoms in total. The topological polar surface area (TPSA) is 29.5 Å². The Labute approximate surface area is 126 Å². The van der Waals surface area contributed by atoms with Gasteiger partial charge in [0, 0.05) is 19.8 Å². The van der Waals surface area contributed by atoms with Crippen LogP contribution >= 0.6 is 0 Å². The number of hydrogen-bond donors (Lipinski definition) is 0. The molecule has 0 fully saturated rings. The highest BCUT2D eigenvalue weighted by Crippen LogP contribution is 2.21. The fourth-order valence-corrected chi connectivity index (χ4v) is 2.15. The van der Waals surface area contributed by atoms with Crippen molar-refractivity contribution in [2.75, 3.05) is 26.1 Å². The predicted molar refractivity (Wildman–Crippen MR) is 86.7 cm³/mol. The van der Waals surface area contributed by atoms with Crippen molar-refractivity contribution in [3.05, 3.63) is 59.2 Å². The summed E-state index contributed by atoms with van der Waals surface area (Å²) >= 11 is 0. The van der Waals surface area contributed by atoms with Crippen LogP contribution in [0.4, 0.5) is 5.69 Å². The number of carbonyl (C=O) groups is 1. The molecule has 2 radical (unpaired) electrons. The fraction of sp³-hybridized carbons (Fsp3) is 0.235. The molecule has 0 heterocycles. The minimum Gasteiger partial charge on any atom is -0.465 e. The van der Waals surface area contributed by atoms with Crippen molar-refractivity contribution in [2.45, 2.75) is 6.42 Å². The van der Waals surface area contributed by atoms with Crippen LogP contribution in [0.1, 0.15) is 21.5 Å². The first-order chi connectivity index (χ1) is 10.0. The Morgan fingerprint density at radius 3 is 2.38 bits per heavy atom. The third-order valence-corrected chi connectivity index (χ3v) is 3.39. The second kappa shape index (κ2) is 6.48. The summed E-state index contributed by atoms with van der Waals surface area (Å²) in [5.41, 5.74) is 4.34. The van der Waals surface area contributed by atoms with E-state index in [0.29, 0.717) is 12.0 Å². The van der Waals surface area contributed by atoms with Crippen molar-refractivity contribution >= 4 is 25.0 Å².